The molecular weight excluding hydrogens is 484 g/mol. The lowest BCUT2D eigenvalue weighted by molar-refractivity contribution is -0.120. The highest BCUT2D eigenvalue weighted by Gasteiger charge is 2.31. The van der Waals surface area contributed by atoms with E-state index in [-0.39, 0.29) is 17.6 Å². The molecule has 1 saturated carbocycles. The van der Waals surface area contributed by atoms with E-state index in [4.69, 9.17) is 0 Å². The summed E-state index contributed by atoms with van der Waals surface area (Å²) in [5, 5.41) is 3.83. The van der Waals surface area contributed by atoms with Gasteiger partial charge in [-0.2, -0.15) is 0 Å². The highest BCUT2D eigenvalue weighted by atomic mass is 19.1. The van der Waals surface area contributed by atoms with Crippen LogP contribution in [-0.2, 0) is 17.6 Å². The van der Waals surface area contributed by atoms with Crippen LogP contribution in [0.1, 0.15) is 53.6 Å². The average molecular weight is 512 g/mol. The number of hydrogen-bond donors (Lipinski definition) is 2. The minimum atomic E-state index is -0.581. The smallest absolute Gasteiger partial charge is 0.228 e. The number of ketones is 1. The Labute approximate surface area is 219 Å². The number of rotatable bonds is 8. The van der Waals surface area contributed by atoms with Crippen LogP contribution in [0.5, 0.6) is 0 Å². The number of aryl methyl sites for hydroxylation is 1. The third-order valence-electron chi connectivity index (χ3n) is 7.27. The first-order valence-corrected chi connectivity index (χ1v) is 13.0. The zero-order valence-corrected chi connectivity index (χ0v) is 20.8. The van der Waals surface area contributed by atoms with E-state index in [1.807, 2.05) is 30.3 Å². The van der Waals surface area contributed by atoms with Crippen LogP contribution >= 0.6 is 0 Å². The Hall–Kier alpha value is -4.13. The number of benzene rings is 3. The Kier molecular flexibility index (Phi) is 6.35. The second-order valence-corrected chi connectivity index (χ2v) is 10.2. The van der Waals surface area contributed by atoms with E-state index in [2.05, 4.69) is 21.4 Å². The number of fused-ring (bicyclic) bond motifs is 2. The molecule has 0 saturated heterocycles. The highest BCUT2D eigenvalue weighted by Crippen LogP contribution is 2.34. The molecule has 5 nitrogen and oxygen atoms in total. The largest absolute Gasteiger partial charge is 0.360 e. The summed E-state index contributed by atoms with van der Waals surface area (Å²) >= 11 is 0. The van der Waals surface area contributed by atoms with Crippen molar-refractivity contribution in [3.63, 3.8) is 0 Å². The van der Waals surface area contributed by atoms with Gasteiger partial charge in [-0.1, -0.05) is 12.1 Å². The monoisotopic (exact) mass is 511 g/mol. The predicted octanol–water partition coefficient (Wildman–Crippen LogP) is 6.82. The summed E-state index contributed by atoms with van der Waals surface area (Å²) in [6, 6.07) is 15.6. The van der Waals surface area contributed by atoms with Crippen molar-refractivity contribution in [3.05, 3.63) is 89.1 Å². The standard InChI is InChI=1S/C31H27F2N3O2/c32-23-11-18(12-24(33)16-23)3-1-2-4-29(37)26-17-34-28-10-8-21(14-25(26)28)20-7-9-27-22(13-20)15-30(35-27)36-31(38)19-5-6-19/h7-14,16-17,19,34H,1-6,15H2,(H,35,36,38). The zero-order chi connectivity index (χ0) is 26.2. The van der Waals surface area contributed by atoms with Gasteiger partial charge in [-0.05, 0) is 90.8 Å². The van der Waals surface area contributed by atoms with E-state index in [1.54, 1.807) is 6.20 Å². The van der Waals surface area contributed by atoms with Crippen LogP contribution in [-0.4, -0.2) is 22.5 Å². The third-order valence-corrected chi connectivity index (χ3v) is 7.27. The molecule has 0 atom stereocenters. The maximum absolute atomic E-state index is 13.4. The number of amidine groups is 1. The van der Waals surface area contributed by atoms with Gasteiger partial charge in [-0.25, -0.2) is 13.8 Å². The molecule has 1 aromatic heterocycles. The lowest BCUT2D eigenvalue weighted by Crippen LogP contribution is -2.31. The van der Waals surface area contributed by atoms with E-state index >= 15 is 0 Å². The van der Waals surface area contributed by atoms with E-state index in [0.717, 1.165) is 52.2 Å². The van der Waals surface area contributed by atoms with Gasteiger partial charge in [0, 0.05) is 47.5 Å². The van der Waals surface area contributed by atoms with Crippen LogP contribution in [0.4, 0.5) is 14.5 Å². The Balaban J connectivity index is 1.12. The molecular formula is C31H27F2N3O2. The van der Waals surface area contributed by atoms with E-state index in [1.165, 1.54) is 12.1 Å². The normalized spacial score (nSPS) is 14.4. The van der Waals surface area contributed by atoms with Crippen molar-refractivity contribution < 1.29 is 18.4 Å². The highest BCUT2D eigenvalue weighted by molar-refractivity contribution is 6.09. The van der Waals surface area contributed by atoms with Crippen molar-refractivity contribution in [2.45, 2.75) is 44.9 Å². The van der Waals surface area contributed by atoms with E-state index < -0.39 is 11.6 Å². The number of nitrogens with zero attached hydrogens (tertiary/aromatic N) is 1. The van der Waals surface area contributed by atoms with E-state index in [0.29, 0.717) is 49.1 Å². The fourth-order valence-corrected chi connectivity index (χ4v) is 5.08. The molecule has 2 aliphatic rings. The summed E-state index contributed by atoms with van der Waals surface area (Å²) in [5.41, 5.74) is 6.10. The van der Waals surface area contributed by atoms with Crippen molar-refractivity contribution in [2.24, 2.45) is 10.9 Å². The summed E-state index contributed by atoms with van der Waals surface area (Å²) in [4.78, 5) is 32.9. The Bertz CT molecular complexity index is 1580. The van der Waals surface area contributed by atoms with Crippen molar-refractivity contribution >= 4 is 34.1 Å². The lowest BCUT2D eigenvalue weighted by Gasteiger charge is -2.06. The number of aliphatic imine (C=N–C) groups is 1. The number of carbonyl (C=O) groups is 2. The molecule has 6 rings (SSSR count). The summed E-state index contributed by atoms with van der Waals surface area (Å²) in [6.45, 7) is 0. The van der Waals surface area contributed by atoms with Crippen molar-refractivity contribution in [1.82, 2.24) is 10.3 Å². The van der Waals surface area contributed by atoms with Crippen molar-refractivity contribution in [1.29, 1.82) is 0 Å². The number of aromatic nitrogens is 1. The number of halogens is 2. The molecule has 0 radical (unpaired) electrons. The van der Waals surface area contributed by atoms with Crippen LogP contribution in [0.15, 0.2) is 65.8 Å². The average Bonchev–Trinajstić information content (AvgIpc) is 3.54. The maximum Gasteiger partial charge on any atom is 0.228 e. The first-order valence-electron chi connectivity index (χ1n) is 13.0. The summed E-state index contributed by atoms with van der Waals surface area (Å²) in [5.74, 6) is -0.220. The van der Waals surface area contributed by atoms with Gasteiger partial charge in [-0.15, -0.1) is 0 Å². The van der Waals surface area contributed by atoms with Gasteiger partial charge in [0.25, 0.3) is 0 Å². The van der Waals surface area contributed by atoms with Crippen LogP contribution < -0.4 is 5.32 Å². The number of unbranched alkanes of at least 4 members (excludes halogenated alkanes) is 1. The zero-order valence-electron chi connectivity index (χ0n) is 20.8. The molecule has 1 fully saturated rings. The third kappa shape index (κ3) is 5.14. The van der Waals surface area contributed by atoms with Gasteiger partial charge in [0.15, 0.2) is 5.78 Å². The molecule has 0 spiro atoms. The maximum atomic E-state index is 13.4. The van der Waals surface area contributed by atoms with Crippen LogP contribution in [0, 0.1) is 17.6 Å². The SMILES string of the molecule is O=C(CCCCc1cc(F)cc(F)c1)c1c[nH]c2ccc(-c3ccc4c(c3)CC(NC(=O)C3CC3)=N4)cc12. The lowest BCUT2D eigenvalue weighted by atomic mass is 9.97. The summed E-state index contributed by atoms with van der Waals surface area (Å²) in [6.07, 6.45) is 6.45. The number of Topliss-reactive ketones (excluding diaryl/α,β-unsaturated/α-hetero) is 1. The minimum Gasteiger partial charge on any atom is -0.360 e. The molecule has 3 aromatic carbocycles. The van der Waals surface area contributed by atoms with Gasteiger partial charge >= 0.3 is 0 Å². The van der Waals surface area contributed by atoms with Gasteiger partial charge in [0.2, 0.25) is 5.91 Å². The van der Waals surface area contributed by atoms with Crippen LogP contribution in [0.25, 0.3) is 22.0 Å². The van der Waals surface area contributed by atoms with Crippen molar-refractivity contribution in [2.75, 3.05) is 0 Å². The molecule has 1 amide bonds. The number of nitrogens with one attached hydrogen (secondary N) is 2. The number of aromatic amines is 1. The predicted molar refractivity (Wildman–Crippen MR) is 144 cm³/mol. The Morgan fingerprint density at radius 1 is 0.947 bits per heavy atom. The molecule has 192 valence electrons. The summed E-state index contributed by atoms with van der Waals surface area (Å²) in [7, 11) is 0. The second-order valence-electron chi connectivity index (χ2n) is 10.2. The number of carbonyl (C=O) groups excluding carboxylic acids is 2. The molecule has 0 unspecified atom stereocenters. The van der Waals surface area contributed by atoms with Crippen LogP contribution in [0.3, 0.4) is 0 Å². The van der Waals surface area contributed by atoms with Gasteiger partial charge in [0.05, 0.1) is 5.69 Å². The molecule has 0 bridgehead atoms. The Morgan fingerprint density at radius 2 is 1.71 bits per heavy atom. The molecule has 2 N–H and O–H groups in total. The first-order chi connectivity index (χ1) is 18.4. The molecule has 2 heterocycles. The molecule has 7 heteroatoms. The number of hydrogen-bond acceptors (Lipinski definition) is 3. The molecule has 4 aromatic rings. The first kappa shape index (κ1) is 24.2. The Morgan fingerprint density at radius 3 is 2.50 bits per heavy atom. The van der Waals surface area contributed by atoms with E-state index in [9.17, 15) is 18.4 Å². The van der Waals surface area contributed by atoms with Gasteiger partial charge in [0.1, 0.15) is 17.5 Å². The molecule has 38 heavy (non-hydrogen) atoms. The minimum absolute atomic E-state index is 0.0391. The molecule has 1 aliphatic heterocycles. The molecule has 1 aliphatic carbocycles. The summed E-state index contributed by atoms with van der Waals surface area (Å²) < 4.78 is 26.8. The number of amides is 1. The van der Waals surface area contributed by atoms with Gasteiger partial charge in [-0.3, -0.25) is 9.59 Å². The fourth-order valence-electron chi connectivity index (χ4n) is 5.08. The van der Waals surface area contributed by atoms with Gasteiger partial charge < -0.3 is 10.3 Å². The number of H-pyrrole nitrogens is 1. The topological polar surface area (TPSA) is 74.3 Å². The quantitative estimate of drug-likeness (QED) is 0.201. The fraction of sp³-hybridized carbons (Fsp3) is 0.258. The van der Waals surface area contributed by atoms with Crippen molar-refractivity contribution in [3.8, 4) is 11.1 Å². The second kappa shape index (κ2) is 9.97. The van der Waals surface area contributed by atoms with Crippen LogP contribution in [0.2, 0.25) is 0 Å².